The van der Waals surface area contributed by atoms with Crippen LogP contribution in [0.25, 0.3) is 11.2 Å². The summed E-state index contributed by atoms with van der Waals surface area (Å²) in [6.45, 7) is 4.17. The van der Waals surface area contributed by atoms with Gasteiger partial charge in [-0.15, -0.1) is 5.10 Å². The van der Waals surface area contributed by atoms with Crippen molar-refractivity contribution >= 4 is 28.7 Å². The lowest BCUT2D eigenvalue weighted by atomic mass is 10.1. The normalized spacial score (nSPS) is 10.7. The quantitative estimate of drug-likeness (QED) is 0.297. The lowest BCUT2D eigenvalue weighted by molar-refractivity contribution is 0.661. The topological polar surface area (TPSA) is 121 Å². The summed E-state index contributed by atoms with van der Waals surface area (Å²) in [5.41, 5.74) is 14.4. The van der Waals surface area contributed by atoms with Crippen molar-refractivity contribution in [3.63, 3.8) is 0 Å². The molecular weight excluding hydrogens is 372 g/mol. The van der Waals surface area contributed by atoms with Crippen LogP contribution in [0.4, 0.5) is 5.82 Å². The van der Waals surface area contributed by atoms with Crippen LogP contribution in [-0.4, -0.2) is 50.3 Å². The number of benzene rings is 1. The van der Waals surface area contributed by atoms with Crippen molar-refractivity contribution in [2.45, 2.75) is 25.0 Å². The van der Waals surface area contributed by atoms with Crippen molar-refractivity contribution in [3.8, 4) is 11.8 Å². The van der Waals surface area contributed by atoms with Crippen molar-refractivity contribution in [1.29, 1.82) is 0 Å². The molecule has 1 aromatic carbocycles. The molecule has 0 unspecified atom stereocenters. The van der Waals surface area contributed by atoms with Crippen LogP contribution < -0.4 is 16.8 Å². The molecule has 0 aliphatic carbocycles. The van der Waals surface area contributed by atoms with Gasteiger partial charge in [0.1, 0.15) is 0 Å². The van der Waals surface area contributed by atoms with E-state index < -0.39 is 0 Å². The van der Waals surface area contributed by atoms with Gasteiger partial charge in [0.05, 0.1) is 13.1 Å². The molecule has 0 atom stereocenters. The highest BCUT2D eigenvalue weighted by atomic mass is 32.2. The van der Waals surface area contributed by atoms with Crippen molar-refractivity contribution in [1.82, 2.24) is 25.0 Å². The molecular formula is C19H24N8S. The standard InChI is InChI=1S/C19H24N8S/c1-2-12-28-19-23-17(22-11-10-21)16-18(24-19)27(26-25-16)13-15-7-5-14(6-8-15)4-3-9-20/h5-8H,2,9-13,20-21H2,1H3,(H,22,23,24). The maximum atomic E-state index is 5.62. The molecule has 28 heavy (non-hydrogen) atoms. The highest BCUT2D eigenvalue weighted by Gasteiger charge is 2.15. The summed E-state index contributed by atoms with van der Waals surface area (Å²) in [5, 5.41) is 12.5. The van der Waals surface area contributed by atoms with Crippen LogP contribution >= 0.6 is 11.8 Å². The number of thioether (sulfide) groups is 1. The summed E-state index contributed by atoms with van der Waals surface area (Å²) in [6, 6.07) is 8.00. The second-order valence-electron chi connectivity index (χ2n) is 6.04. The van der Waals surface area contributed by atoms with Crippen molar-refractivity contribution < 1.29 is 0 Å². The third-order valence-corrected chi connectivity index (χ3v) is 4.89. The number of nitrogens with two attached hydrogens (primary N) is 2. The highest BCUT2D eigenvalue weighted by molar-refractivity contribution is 7.99. The molecule has 0 amide bonds. The van der Waals surface area contributed by atoms with Crippen molar-refractivity contribution in [2.24, 2.45) is 11.5 Å². The monoisotopic (exact) mass is 396 g/mol. The van der Waals surface area contributed by atoms with E-state index >= 15 is 0 Å². The maximum absolute atomic E-state index is 5.62. The molecule has 0 spiro atoms. The SMILES string of the molecule is CCCSc1nc(NCCN)c2nnn(Cc3ccc(C#CCN)cc3)c2n1. The summed E-state index contributed by atoms with van der Waals surface area (Å²) in [6.07, 6.45) is 1.05. The fourth-order valence-electron chi connectivity index (χ4n) is 2.53. The molecule has 2 aromatic heterocycles. The van der Waals surface area contributed by atoms with E-state index in [9.17, 15) is 0 Å². The van der Waals surface area contributed by atoms with E-state index in [0.29, 0.717) is 48.3 Å². The maximum Gasteiger partial charge on any atom is 0.191 e. The summed E-state index contributed by atoms with van der Waals surface area (Å²) in [7, 11) is 0. The molecule has 8 nitrogen and oxygen atoms in total. The van der Waals surface area contributed by atoms with Gasteiger partial charge in [-0.05, 0) is 24.1 Å². The van der Waals surface area contributed by atoms with Gasteiger partial charge in [0, 0.05) is 24.4 Å². The van der Waals surface area contributed by atoms with E-state index in [2.05, 4.69) is 44.4 Å². The molecule has 0 bridgehead atoms. The van der Waals surface area contributed by atoms with E-state index in [1.165, 1.54) is 0 Å². The van der Waals surface area contributed by atoms with E-state index in [1.807, 2.05) is 24.3 Å². The minimum Gasteiger partial charge on any atom is -0.367 e. The fourth-order valence-corrected chi connectivity index (χ4v) is 3.23. The number of aromatic nitrogens is 5. The number of anilines is 1. The second-order valence-corrected chi connectivity index (χ2v) is 7.10. The Morgan fingerprint density at radius 1 is 1.18 bits per heavy atom. The second kappa shape index (κ2) is 10.0. The predicted octanol–water partition coefficient (Wildman–Crippen LogP) is 1.45. The molecule has 0 saturated heterocycles. The van der Waals surface area contributed by atoms with Gasteiger partial charge in [0.15, 0.2) is 22.1 Å². The van der Waals surface area contributed by atoms with Gasteiger partial charge < -0.3 is 16.8 Å². The van der Waals surface area contributed by atoms with E-state index in [1.54, 1.807) is 16.4 Å². The molecule has 0 aliphatic rings. The first-order chi connectivity index (χ1) is 13.7. The molecule has 0 saturated carbocycles. The molecule has 9 heteroatoms. The Balaban J connectivity index is 1.90. The van der Waals surface area contributed by atoms with Crippen LogP contribution in [0.1, 0.15) is 24.5 Å². The van der Waals surface area contributed by atoms with Crippen LogP contribution in [0.15, 0.2) is 29.4 Å². The summed E-state index contributed by atoms with van der Waals surface area (Å²) in [5.74, 6) is 7.50. The molecule has 3 rings (SSSR count). The number of fused-ring (bicyclic) bond motifs is 1. The first kappa shape index (κ1) is 20.1. The average molecular weight is 397 g/mol. The number of nitrogens with zero attached hydrogens (tertiary/aromatic N) is 5. The lowest BCUT2D eigenvalue weighted by Crippen LogP contribution is -2.14. The van der Waals surface area contributed by atoms with Crippen molar-refractivity contribution in [2.75, 3.05) is 30.7 Å². The zero-order valence-electron chi connectivity index (χ0n) is 15.9. The van der Waals surface area contributed by atoms with E-state index in [4.69, 9.17) is 11.5 Å². The summed E-state index contributed by atoms with van der Waals surface area (Å²) >= 11 is 1.62. The number of hydrogen-bond acceptors (Lipinski definition) is 8. The van der Waals surface area contributed by atoms with Crippen LogP contribution in [0.5, 0.6) is 0 Å². The Bertz CT molecular complexity index is 971. The molecule has 5 N–H and O–H groups in total. The van der Waals surface area contributed by atoms with Crippen LogP contribution in [0, 0.1) is 11.8 Å². The van der Waals surface area contributed by atoms with Crippen LogP contribution in [-0.2, 0) is 6.54 Å². The van der Waals surface area contributed by atoms with Crippen molar-refractivity contribution in [3.05, 3.63) is 35.4 Å². The zero-order chi connectivity index (χ0) is 19.8. The van der Waals surface area contributed by atoms with E-state index in [0.717, 1.165) is 23.3 Å². The molecule has 0 fully saturated rings. The third-order valence-electron chi connectivity index (χ3n) is 3.84. The summed E-state index contributed by atoms with van der Waals surface area (Å²) < 4.78 is 1.79. The van der Waals surface area contributed by atoms with Gasteiger partial charge in [-0.25, -0.2) is 14.6 Å². The first-order valence-corrected chi connectivity index (χ1v) is 10.2. The largest absolute Gasteiger partial charge is 0.367 e. The molecule has 0 radical (unpaired) electrons. The van der Waals surface area contributed by atoms with Gasteiger partial charge in [0.25, 0.3) is 0 Å². The Morgan fingerprint density at radius 3 is 2.71 bits per heavy atom. The van der Waals surface area contributed by atoms with Gasteiger partial charge >= 0.3 is 0 Å². The number of hydrogen-bond donors (Lipinski definition) is 3. The first-order valence-electron chi connectivity index (χ1n) is 9.21. The van der Waals surface area contributed by atoms with Gasteiger partial charge in [-0.2, -0.15) is 0 Å². The predicted molar refractivity (Wildman–Crippen MR) is 113 cm³/mol. The molecule has 3 aromatic rings. The summed E-state index contributed by atoms with van der Waals surface area (Å²) in [4.78, 5) is 9.26. The molecule has 0 aliphatic heterocycles. The van der Waals surface area contributed by atoms with Crippen LogP contribution in [0.3, 0.4) is 0 Å². The number of nitrogens with one attached hydrogen (secondary N) is 1. The van der Waals surface area contributed by atoms with Gasteiger partial charge in [-0.1, -0.05) is 47.9 Å². The van der Waals surface area contributed by atoms with Gasteiger partial charge in [0.2, 0.25) is 0 Å². The highest BCUT2D eigenvalue weighted by Crippen LogP contribution is 2.23. The van der Waals surface area contributed by atoms with Gasteiger partial charge in [-0.3, -0.25) is 0 Å². The minimum atomic E-state index is 0.352. The Hall–Kier alpha value is -2.67. The Labute approximate surface area is 168 Å². The molecule has 2 heterocycles. The fraction of sp³-hybridized carbons (Fsp3) is 0.368. The zero-order valence-corrected chi connectivity index (χ0v) is 16.7. The Morgan fingerprint density at radius 2 is 2.00 bits per heavy atom. The average Bonchev–Trinajstić information content (AvgIpc) is 3.12. The smallest absolute Gasteiger partial charge is 0.191 e. The number of rotatable bonds is 8. The van der Waals surface area contributed by atoms with Crippen LogP contribution in [0.2, 0.25) is 0 Å². The lowest BCUT2D eigenvalue weighted by Gasteiger charge is -2.08. The third kappa shape index (κ3) is 4.98. The minimum absolute atomic E-state index is 0.352. The Kier molecular flexibility index (Phi) is 7.19. The molecule has 146 valence electrons. The van der Waals surface area contributed by atoms with E-state index in [-0.39, 0.29) is 0 Å².